The summed E-state index contributed by atoms with van der Waals surface area (Å²) in [7, 11) is 1.49. The van der Waals surface area contributed by atoms with Gasteiger partial charge >= 0.3 is 0 Å². The number of amides is 1. The van der Waals surface area contributed by atoms with Crippen LogP contribution in [-0.2, 0) is 9.53 Å². The van der Waals surface area contributed by atoms with Gasteiger partial charge < -0.3 is 19.5 Å². The van der Waals surface area contributed by atoms with E-state index >= 15 is 0 Å². The van der Waals surface area contributed by atoms with Gasteiger partial charge in [-0.1, -0.05) is 0 Å². The number of anilines is 1. The molecule has 5 nitrogen and oxygen atoms in total. The van der Waals surface area contributed by atoms with Gasteiger partial charge in [0, 0.05) is 18.9 Å². The number of fused-ring (bicyclic) bond motifs is 1. The van der Waals surface area contributed by atoms with E-state index in [4.69, 9.17) is 14.2 Å². The lowest BCUT2D eigenvalue weighted by Gasteiger charge is -2.10. The van der Waals surface area contributed by atoms with Gasteiger partial charge in [-0.15, -0.1) is 0 Å². The molecule has 1 aromatic carbocycles. The second kappa shape index (κ2) is 4.40. The molecule has 1 aromatic rings. The smallest absolute Gasteiger partial charge is 0.253 e. The van der Waals surface area contributed by atoms with Gasteiger partial charge in [-0.25, -0.2) is 0 Å². The quantitative estimate of drug-likeness (QED) is 0.841. The Balaban J connectivity index is 2.08. The van der Waals surface area contributed by atoms with E-state index < -0.39 is 6.10 Å². The number of methoxy groups -OCH3 is 1. The van der Waals surface area contributed by atoms with Crippen LogP contribution in [0.5, 0.6) is 11.5 Å². The minimum Gasteiger partial charge on any atom is -0.454 e. The highest BCUT2D eigenvalue weighted by Crippen LogP contribution is 2.34. The van der Waals surface area contributed by atoms with Gasteiger partial charge in [0.15, 0.2) is 11.5 Å². The van der Waals surface area contributed by atoms with Gasteiger partial charge in [-0.3, -0.25) is 4.79 Å². The number of carbonyl (C=O) groups excluding carboxylic acids is 1. The first-order chi connectivity index (χ1) is 7.70. The Labute approximate surface area is 93.3 Å². The molecule has 1 aliphatic rings. The van der Waals surface area contributed by atoms with Crippen LogP contribution in [0.4, 0.5) is 5.69 Å². The molecule has 0 fully saturated rings. The predicted molar refractivity (Wildman–Crippen MR) is 57.7 cm³/mol. The topological polar surface area (TPSA) is 56.8 Å². The van der Waals surface area contributed by atoms with Crippen LogP contribution in [-0.4, -0.2) is 25.9 Å². The Morgan fingerprint density at radius 2 is 2.19 bits per heavy atom. The summed E-state index contributed by atoms with van der Waals surface area (Å²) >= 11 is 0. The predicted octanol–water partition coefficient (Wildman–Crippen LogP) is 1.39. The molecule has 0 saturated heterocycles. The van der Waals surface area contributed by atoms with Crippen molar-refractivity contribution in [2.45, 2.75) is 13.0 Å². The summed E-state index contributed by atoms with van der Waals surface area (Å²) in [5.41, 5.74) is 0.665. The molecule has 16 heavy (non-hydrogen) atoms. The standard InChI is InChI=1S/C11H13NO4/c1-7(14-2)11(13)12-8-3-4-9-10(5-8)16-6-15-9/h3-5,7H,6H2,1-2H3,(H,12,13). The van der Waals surface area contributed by atoms with E-state index in [2.05, 4.69) is 5.32 Å². The molecule has 0 saturated carbocycles. The lowest BCUT2D eigenvalue weighted by Crippen LogP contribution is -2.26. The van der Waals surface area contributed by atoms with E-state index in [-0.39, 0.29) is 12.7 Å². The van der Waals surface area contributed by atoms with Crippen LogP contribution < -0.4 is 14.8 Å². The summed E-state index contributed by atoms with van der Waals surface area (Å²) in [5.74, 6) is 1.14. The molecule has 0 bridgehead atoms. The molecule has 0 aliphatic carbocycles. The molecular formula is C11H13NO4. The highest BCUT2D eigenvalue weighted by molar-refractivity contribution is 5.94. The molecule has 1 amide bonds. The van der Waals surface area contributed by atoms with Crippen LogP contribution in [0.15, 0.2) is 18.2 Å². The minimum absolute atomic E-state index is 0.193. The van der Waals surface area contributed by atoms with E-state index in [1.807, 2.05) is 0 Å². The van der Waals surface area contributed by atoms with Crippen molar-refractivity contribution in [2.75, 3.05) is 19.2 Å². The van der Waals surface area contributed by atoms with E-state index in [0.717, 1.165) is 0 Å². The molecule has 5 heteroatoms. The Morgan fingerprint density at radius 1 is 1.44 bits per heavy atom. The van der Waals surface area contributed by atoms with Gasteiger partial charge in [0.1, 0.15) is 6.10 Å². The van der Waals surface area contributed by atoms with Crippen LogP contribution in [0.2, 0.25) is 0 Å². The van der Waals surface area contributed by atoms with Crippen molar-refractivity contribution in [3.8, 4) is 11.5 Å². The first-order valence-electron chi connectivity index (χ1n) is 4.94. The molecule has 1 heterocycles. The van der Waals surface area contributed by atoms with Crippen LogP contribution >= 0.6 is 0 Å². The first-order valence-corrected chi connectivity index (χ1v) is 4.94. The summed E-state index contributed by atoms with van der Waals surface area (Å²) in [4.78, 5) is 11.5. The summed E-state index contributed by atoms with van der Waals surface area (Å²) in [6.45, 7) is 1.91. The number of rotatable bonds is 3. The highest BCUT2D eigenvalue weighted by atomic mass is 16.7. The highest BCUT2D eigenvalue weighted by Gasteiger charge is 2.16. The van der Waals surface area contributed by atoms with Gasteiger partial charge in [0.25, 0.3) is 5.91 Å². The van der Waals surface area contributed by atoms with Crippen molar-refractivity contribution >= 4 is 11.6 Å². The van der Waals surface area contributed by atoms with Crippen LogP contribution in [0.25, 0.3) is 0 Å². The molecule has 1 atom stereocenters. The number of hydrogen-bond donors (Lipinski definition) is 1. The van der Waals surface area contributed by atoms with E-state index in [9.17, 15) is 4.79 Å². The van der Waals surface area contributed by atoms with E-state index in [1.165, 1.54) is 7.11 Å². The van der Waals surface area contributed by atoms with Crippen LogP contribution in [0.3, 0.4) is 0 Å². The average Bonchev–Trinajstić information content (AvgIpc) is 2.75. The van der Waals surface area contributed by atoms with E-state index in [1.54, 1.807) is 25.1 Å². The lowest BCUT2D eigenvalue weighted by molar-refractivity contribution is -0.124. The SMILES string of the molecule is COC(C)C(=O)Nc1ccc2c(c1)OCO2. The molecule has 1 N–H and O–H groups in total. The van der Waals surface area contributed by atoms with Crippen molar-refractivity contribution in [2.24, 2.45) is 0 Å². The second-order valence-corrected chi connectivity index (χ2v) is 3.44. The monoisotopic (exact) mass is 223 g/mol. The summed E-state index contributed by atoms with van der Waals surface area (Å²) in [6.07, 6.45) is -0.481. The summed E-state index contributed by atoms with van der Waals surface area (Å²) in [5, 5.41) is 2.72. The normalized spacial score (nSPS) is 14.6. The third-order valence-corrected chi connectivity index (χ3v) is 2.36. The zero-order chi connectivity index (χ0) is 11.5. The molecular weight excluding hydrogens is 210 g/mol. The zero-order valence-electron chi connectivity index (χ0n) is 9.15. The number of benzene rings is 1. The summed E-state index contributed by atoms with van der Waals surface area (Å²) in [6, 6.07) is 5.24. The molecule has 86 valence electrons. The maximum atomic E-state index is 11.5. The fourth-order valence-electron chi connectivity index (χ4n) is 1.33. The van der Waals surface area contributed by atoms with Crippen LogP contribution in [0, 0.1) is 0 Å². The van der Waals surface area contributed by atoms with Crippen LogP contribution in [0.1, 0.15) is 6.92 Å². The molecule has 2 rings (SSSR count). The maximum Gasteiger partial charge on any atom is 0.253 e. The number of ether oxygens (including phenoxy) is 3. The second-order valence-electron chi connectivity index (χ2n) is 3.44. The third-order valence-electron chi connectivity index (χ3n) is 2.36. The first kappa shape index (κ1) is 10.8. The Bertz CT molecular complexity index is 405. The fourth-order valence-corrected chi connectivity index (χ4v) is 1.33. The Hall–Kier alpha value is -1.75. The Kier molecular flexibility index (Phi) is 2.96. The van der Waals surface area contributed by atoms with Crippen molar-refractivity contribution in [3.63, 3.8) is 0 Å². The largest absolute Gasteiger partial charge is 0.454 e. The zero-order valence-corrected chi connectivity index (χ0v) is 9.15. The summed E-state index contributed by atoms with van der Waals surface area (Å²) < 4.78 is 15.3. The molecule has 0 spiro atoms. The van der Waals surface area contributed by atoms with Crippen molar-refractivity contribution < 1.29 is 19.0 Å². The molecule has 0 radical (unpaired) electrons. The van der Waals surface area contributed by atoms with Crippen molar-refractivity contribution in [3.05, 3.63) is 18.2 Å². The van der Waals surface area contributed by atoms with E-state index in [0.29, 0.717) is 17.2 Å². The van der Waals surface area contributed by atoms with Gasteiger partial charge in [-0.2, -0.15) is 0 Å². The minimum atomic E-state index is -0.481. The maximum absolute atomic E-state index is 11.5. The molecule has 1 aliphatic heterocycles. The lowest BCUT2D eigenvalue weighted by atomic mass is 10.2. The van der Waals surface area contributed by atoms with Crippen molar-refractivity contribution in [1.29, 1.82) is 0 Å². The van der Waals surface area contributed by atoms with Gasteiger partial charge in [-0.05, 0) is 19.1 Å². The number of carbonyl (C=O) groups is 1. The third kappa shape index (κ3) is 2.09. The Morgan fingerprint density at radius 3 is 2.94 bits per heavy atom. The fraction of sp³-hybridized carbons (Fsp3) is 0.364. The number of nitrogens with one attached hydrogen (secondary N) is 1. The molecule has 0 aromatic heterocycles. The molecule has 1 unspecified atom stereocenters. The van der Waals surface area contributed by atoms with Gasteiger partial charge in [0.05, 0.1) is 0 Å². The van der Waals surface area contributed by atoms with Gasteiger partial charge in [0.2, 0.25) is 6.79 Å². The average molecular weight is 223 g/mol. The van der Waals surface area contributed by atoms with Crippen molar-refractivity contribution in [1.82, 2.24) is 0 Å². The number of hydrogen-bond acceptors (Lipinski definition) is 4.